The minimum atomic E-state index is 0.0758. The molecule has 0 saturated heterocycles. The molecule has 0 unspecified atom stereocenters. The van der Waals surface area contributed by atoms with Crippen LogP contribution in [0.5, 0.6) is 0 Å². The molecular formula is C9H12N2O. The Bertz CT molecular complexity index is 337. The normalized spacial score (nSPS) is 16.5. The largest absolute Gasteiger partial charge is 0.287 e. The predicted octanol–water partition coefficient (Wildman–Crippen LogP) is 1.20. The number of aryl methyl sites for hydroxylation is 2. The third-order valence-corrected chi connectivity index (χ3v) is 2.20. The van der Waals surface area contributed by atoms with Crippen LogP contribution in [0.3, 0.4) is 0 Å². The Hall–Kier alpha value is -1.12. The quantitative estimate of drug-likeness (QED) is 0.625. The van der Waals surface area contributed by atoms with E-state index in [0.29, 0.717) is 11.7 Å². The average Bonchev–Trinajstić information content (AvgIpc) is 2.81. The number of hydrogen-bond donors (Lipinski definition) is 0. The molecule has 0 radical (unpaired) electrons. The molecule has 64 valence electrons. The van der Waals surface area contributed by atoms with Crippen molar-refractivity contribution in [3.05, 3.63) is 27.7 Å². The second-order valence-electron chi connectivity index (χ2n) is 3.44. The number of rotatable bonds is 1. The summed E-state index contributed by atoms with van der Waals surface area (Å²) in [6.07, 6.45) is 4.26. The molecule has 0 bridgehead atoms. The summed E-state index contributed by atoms with van der Waals surface area (Å²) in [4.78, 5) is 11.3. The molecule has 1 aromatic rings. The molecule has 1 aliphatic carbocycles. The van der Waals surface area contributed by atoms with Crippen molar-refractivity contribution in [1.82, 2.24) is 9.78 Å². The number of nitrogens with zero attached hydrogens (tertiary/aromatic N) is 2. The zero-order chi connectivity index (χ0) is 8.72. The van der Waals surface area contributed by atoms with Gasteiger partial charge in [-0.05, 0) is 26.7 Å². The van der Waals surface area contributed by atoms with Crippen LogP contribution < -0.4 is 5.43 Å². The Labute approximate surface area is 71.0 Å². The van der Waals surface area contributed by atoms with Gasteiger partial charge in [-0.1, -0.05) is 0 Å². The summed E-state index contributed by atoms with van der Waals surface area (Å²) in [6, 6.07) is 0.558. The molecule has 12 heavy (non-hydrogen) atoms. The Balaban J connectivity index is 2.53. The van der Waals surface area contributed by atoms with E-state index < -0.39 is 0 Å². The molecule has 0 aliphatic heterocycles. The molecule has 1 aliphatic rings. The molecule has 3 nitrogen and oxygen atoms in total. The smallest absolute Gasteiger partial charge is 0.205 e. The van der Waals surface area contributed by atoms with E-state index in [0.717, 1.165) is 5.56 Å². The fraction of sp³-hybridized carbons (Fsp3) is 0.556. The van der Waals surface area contributed by atoms with Crippen molar-refractivity contribution in [3.63, 3.8) is 0 Å². The lowest BCUT2D eigenvalue weighted by Gasteiger charge is -2.04. The van der Waals surface area contributed by atoms with Crippen molar-refractivity contribution in [2.24, 2.45) is 0 Å². The topological polar surface area (TPSA) is 34.9 Å². The Morgan fingerprint density at radius 2 is 2.17 bits per heavy atom. The van der Waals surface area contributed by atoms with Crippen LogP contribution >= 0.6 is 0 Å². The Kier molecular flexibility index (Phi) is 1.53. The highest BCUT2D eigenvalue weighted by atomic mass is 16.1. The van der Waals surface area contributed by atoms with E-state index in [1.54, 1.807) is 6.92 Å². The van der Waals surface area contributed by atoms with Crippen molar-refractivity contribution >= 4 is 0 Å². The van der Waals surface area contributed by atoms with E-state index >= 15 is 0 Å². The van der Waals surface area contributed by atoms with Crippen molar-refractivity contribution in [3.8, 4) is 0 Å². The second kappa shape index (κ2) is 2.44. The van der Waals surface area contributed by atoms with E-state index in [9.17, 15) is 4.79 Å². The molecule has 0 atom stereocenters. The van der Waals surface area contributed by atoms with Crippen LogP contribution in [-0.4, -0.2) is 9.78 Å². The monoisotopic (exact) mass is 164 g/mol. The minimum absolute atomic E-state index is 0.0758. The second-order valence-corrected chi connectivity index (χ2v) is 3.44. The van der Waals surface area contributed by atoms with Crippen LogP contribution in [0.2, 0.25) is 0 Å². The zero-order valence-electron chi connectivity index (χ0n) is 7.37. The van der Waals surface area contributed by atoms with Crippen LogP contribution in [0.15, 0.2) is 11.0 Å². The van der Waals surface area contributed by atoms with Gasteiger partial charge < -0.3 is 0 Å². The van der Waals surface area contributed by atoms with Crippen molar-refractivity contribution in [2.45, 2.75) is 32.7 Å². The van der Waals surface area contributed by atoms with Crippen LogP contribution in [0.4, 0.5) is 0 Å². The van der Waals surface area contributed by atoms with E-state index in [4.69, 9.17) is 0 Å². The maximum absolute atomic E-state index is 11.3. The highest BCUT2D eigenvalue weighted by molar-refractivity contribution is 5.11. The van der Waals surface area contributed by atoms with Crippen molar-refractivity contribution in [2.75, 3.05) is 0 Å². The van der Waals surface area contributed by atoms with Gasteiger partial charge in [0.2, 0.25) is 5.43 Å². The van der Waals surface area contributed by atoms with Gasteiger partial charge in [-0.15, -0.1) is 0 Å². The van der Waals surface area contributed by atoms with E-state index in [1.165, 1.54) is 12.8 Å². The van der Waals surface area contributed by atoms with Crippen LogP contribution in [-0.2, 0) is 0 Å². The van der Waals surface area contributed by atoms with Gasteiger partial charge in [-0.2, -0.15) is 5.10 Å². The van der Waals surface area contributed by atoms with Gasteiger partial charge in [0.1, 0.15) is 5.69 Å². The lowest BCUT2D eigenvalue weighted by Crippen LogP contribution is -2.16. The molecule has 1 heterocycles. The maximum Gasteiger partial charge on any atom is 0.205 e. The molecule has 3 heteroatoms. The van der Waals surface area contributed by atoms with Gasteiger partial charge >= 0.3 is 0 Å². The van der Waals surface area contributed by atoms with Crippen molar-refractivity contribution in [1.29, 1.82) is 0 Å². The maximum atomic E-state index is 11.3. The van der Waals surface area contributed by atoms with Gasteiger partial charge in [0.05, 0.1) is 6.04 Å². The van der Waals surface area contributed by atoms with Crippen molar-refractivity contribution < 1.29 is 0 Å². The van der Waals surface area contributed by atoms with E-state index in [-0.39, 0.29) is 5.43 Å². The average molecular weight is 164 g/mol. The Morgan fingerprint density at radius 3 is 2.67 bits per heavy atom. The molecule has 1 saturated carbocycles. The molecule has 1 fully saturated rings. The predicted molar refractivity (Wildman–Crippen MR) is 46.2 cm³/mol. The fourth-order valence-corrected chi connectivity index (χ4v) is 1.32. The first kappa shape index (κ1) is 7.53. The lowest BCUT2D eigenvalue weighted by atomic mass is 10.3. The highest BCUT2D eigenvalue weighted by Gasteiger charge is 2.24. The zero-order valence-corrected chi connectivity index (χ0v) is 7.37. The summed E-state index contributed by atoms with van der Waals surface area (Å²) < 4.78 is 1.92. The molecule has 0 amide bonds. The van der Waals surface area contributed by atoms with E-state index in [2.05, 4.69) is 5.10 Å². The van der Waals surface area contributed by atoms with Crippen LogP contribution in [0.1, 0.15) is 30.1 Å². The first-order chi connectivity index (χ1) is 5.68. The standard InChI is InChI=1S/C9H12N2O/c1-6-5-11(8-3-4-8)10-7(2)9(6)12/h5,8H,3-4H2,1-2H3. The summed E-state index contributed by atoms with van der Waals surface area (Å²) in [5.74, 6) is 0. The molecular weight excluding hydrogens is 152 g/mol. The Morgan fingerprint density at radius 1 is 1.50 bits per heavy atom. The molecule has 2 rings (SSSR count). The van der Waals surface area contributed by atoms with Gasteiger partial charge in [-0.25, -0.2) is 0 Å². The third-order valence-electron chi connectivity index (χ3n) is 2.20. The minimum Gasteiger partial charge on any atom is -0.287 e. The number of aromatic nitrogens is 2. The van der Waals surface area contributed by atoms with Gasteiger partial charge in [0, 0.05) is 11.8 Å². The van der Waals surface area contributed by atoms with E-state index in [1.807, 2.05) is 17.8 Å². The third kappa shape index (κ3) is 1.15. The first-order valence-electron chi connectivity index (χ1n) is 4.25. The van der Waals surface area contributed by atoms with Crippen LogP contribution in [0, 0.1) is 13.8 Å². The summed E-state index contributed by atoms with van der Waals surface area (Å²) in [5.41, 5.74) is 1.49. The first-order valence-corrected chi connectivity index (χ1v) is 4.25. The molecule has 1 aromatic heterocycles. The number of hydrogen-bond acceptors (Lipinski definition) is 2. The summed E-state index contributed by atoms with van der Waals surface area (Å²) in [7, 11) is 0. The van der Waals surface area contributed by atoms with Crippen LogP contribution in [0.25, 0.3) is 0 Å². The molecule has 0 spiro atoms. The summed E-state index contributed by atoms with van der Waals surface area (Å²) in [6.45, 7) is 3.62. The molecule has 0 aromatic carbocycles. The van der Waals surface area contributed by atoms with Gasteiger partial charge in [0.15, 0.2) is 0 Å². The highest BCUT2D eigenvalue weighted by Crippen LogP contribution is 2.33. The van der Waals surface area contributed by atoms with Gasteiger partial charge in [0.25, 0.3) is 0 Å². The van der Waals surface area contributed by atoms with Gasteiger partial charge in [-0.3, -0.25) is 9.48 Å². The summed E-state index contributed by atoms with van der Waals surface area (Å²) >= 11 is 0. The molecule has 0 N–H and O–H groups in total. The lowest BCUT2D eigenvalue weighted by molar-refractivity contribution is 0.606. The SMILES string of the molecule is Cc1cn(C2CC2)nc(C)c1=O. The summed E-state index contributed by atoms with van der Waals surface area (Å²) in [5, 5.41) is 4.20. The fourth-order valence-electron chi connectivity index (χ4n) is 1.32.